The summed E-state index contributed by atoms with van der Waals surface area (Å²) in [4.78, 5) is 42.4. The van der Waals surface area contributed by atoms with Crippen molar-refractivity contribution >= 4 is 17.6 Å². The highest BCUT2D eigenvalue weighted by Crippen LogP contribution is 2.54. The first-order valence-electron chi connectivity index (χ1n) is 17.7. The van der Waals surface area contributed by atoms with E-state index in [0.717, 1.165) is 37.1 Å². The molecule has 4 unspecified atom stereocenters. The lowest BCUT2D eigenvalue weighted by Gasteiger charge is -2.34. The van der Waals surface area contributed by atoms with Crippen LogP contribution >= 0.6 is 0 Å². The minimum atomic E-state index is -0.139. The van der Waals surface area contributed by atoms with Crippen LogP contribution in [0, 0.1) is 22.7 Å². The summed E-state index contributed by atoms with van der Waals surface area (Å²) < 4.78 is 0. The van der Waals surface area contributed by atoms with Crippen LogP contribution in [0.4, 0.5) is 0 Å². The van der Waals surface area contributed by atoms with Crippen LogP contribution in [0.2, 0.25) is 0 Å². The number of nitrogens with one attached hydrogen (secondary N) is 2. The van der Waals surface area contributed by atoms with Crippen molar-refractivity contribution in [2.24, 2.45) is 22.7 Å². The van der Waals surface area contributed by atoms with Crippen LogP contribution in [0.15, 0.2) is 72.2 Å². The lowest BCUT2D eigenvalue weighted by Crippen LogP contribution is -2.39. The third-order valence-electron chi connectivity index (χ3n) is 11.9. The number of rotatable bonds is 10. The highest BCUT2D eigenvalue weighted by Gasteiger charge is 2.51. The van der Waals surface area contributed by atoms with Crippen molar-refractivity contribution in [2.45, 2.75) is 104 Å². The molecular formula is C39H56N4O3. The molecule has 0 aromatic carbocycles. The van der Waals surface area contributed by atoms with E-state index in [4.69, 9.17) is 0 Å². The van der Waals surface area contributed by atoms with Gasteiger partial charge in [0.25, 0.3) is 0 Å². The van der Waals surface area contributed by atoms with Gasteiger partial charge in [0.05, 0.1) is 0 Å². The lowest BCUT2D eigenvalue weighted by atomic mass is 9.71. The molecule has 7 nitrogen and oxygen atoms in total. The van der Waals surface area contributed by atoms with Gasteiger partial charge in [0.2, 0.25) is 11.8 Å². The van der Waals surface area contributed by atoms with Gasteiger partial charge in [-0.1, -0.05) is 78.7 Å². The zero-order valence-corrected chi connectivity index (χ0v) is 28.7. The fourth-order valence-corrected chi connectivity index (χ4v) is 9.45. The number of likely N-dealkylation sites (tertiary alicyclic amines) is 2. The topological polar surface area (TPSA) is 81.8 Å². The Morgan fingerprint density at radius 2 is 1.09 bits per heavy atom. The van der Waals surface area contributed by atoms with Gasteiger partial charge < -0.3 is 20.4 Å². The molecule has 46 heavy (non-hydrogen) atoms. The standard InChI is InChI=1S/C39H56N4O3/c1-7-35(44)40-23-25-42-31-15-11-9-13-29(31)38(3,4)33(42)21-19-27-17-18-28(37(27)46)20-22-34-39(5,6)30-14-10-12-16-32(30)43(34)26-24-41-36(45)8-2/h7-8,19-22,29-32H,1-2,9-18,23-26H2,3-6H3,(H,40,44)(H,41,45). The van der Waals surface area contributed by atoms with Crippen molar-refractivity contribution in [2.75, 3.05) is 26.2 Å². The van der Waals surface area contributed by atoms with Gasteiger partial charge in [0, 0.05) is 71.6 Å². The first kappa shape index (κ1) is 34.0. The Bertz CT molecular complexity index is 1250. The molecule has 2 N–H and O–H groups in total. The molecule has 2 heterocycles. The van der Waals surface area contributed by atoms with E-state index in [0.29, 0.717) is 37.0 Å². The summed E-state index contributed by atoms with van der Waals surface area (Å²) in [6, 6.07) is 0.948. The summed E-state index contributed by atoms with van der Waals surface area (Å²) in [6.45, 7) is 19.3. The molecule has 5 aliphatic rings. The summed E-state index contributed by atoms with van der Waals surface area (Å²) >= 11 is 0. The molecule has 0 spiro atoms. The Balaban J connectivity index is 1.37. The Hall–Kier alpha value is -3.35. The Labute approximate surface area is 277 Å². The summed E-state index contributed by atoms with van der Waals surface area (Å²) in [6.07, 6.45) is 22.6. The zero-order chi connectivity index (χ0) is 33.1. The first-order chi connectivity index (χ1) is 22.0. The highest BCUT2D eigenvalue weighted by molar-refractivity contribution is 6.11. The van der Waals surface area contributed by atoms with E-state index in [1.54, 1.807) is 0 Å². The van der Waals surface area contributed by atoms with Gasteiger partial charge in [-0.3, -0.25) is 14.4 Å². The van der Waals surface area contributed by atoms with Gasteiger partial charge in [-0.05, 0) is 74.7 Å². The molecule has 3 saturated carbocycles. The van der Waals surface area contributed by atoms with Crippen molar-refractivity contribution < 1.29 is 14.4 Å². The van der Waals surface area contributed by atoms with E-state index in [1.165, 1.54) is 74.9 Å². The quantitative estimate of drug-likeness (QED) is 0.275. The van der Waals surface area contributed by atoms with Gasteiger partial charge >= 0.3 is 0 Å². The number of carbonyl (C=O) groups is 3. The highest BCUT2D eigenvalue weighted by atomic mass is 16.2. The Morgan fingerprint density at radius 1 is 0.696 bits per heavy atom. The molecule has 2 aliphatic heterocycles. The molecule has 0 aromatic heterocycles. The summed E-state index contributed by atoms with van der Waals surface area (Å²) in [5.41, 5.74) is 4.35. The van der Waals surface area contributed by atoms with Crippen molar-refractivity contribution in [1.29, 1.82) is 0 Å². The number of amides is 2. The van der Waals surface area contributed by atoms with Crippen molar-refractivity contribution in [1.82, 2.24) is 20.4 Å². The number of hydrogen-bond acceptors (Lipinski definition) is 5. The molecule has 0 aromatic rings. The molecule has 2 saturated heterocycles. The number of carbonyl (C=O) groups excluding carboxylic acids is 3. The fraction of sp³-hybridized carbons (Fsp3) is 0.615. The molecule has 7 heteroatoms. The van der Waals surface area contributed by atoms with E-state index in [2.05, 4.69) is 85.6 Å². The van der Waals surface area contributed by atoms with Gasteiger partial charge in [-0.2, -0.15) is 0 Å². The summed E-state index contributed by atoms with van der Waals surface area (Å²) in [5, 5.41) is 5.92. The fourth-order valence-electron chi connectivity index (χ4n) is 9.45. The predicted molar refractivity (Wildman–Crippen MR) is 185 cm³/mol. The second kappa shape index (κ2) is 14.2. The SMILES string of the molecule is C=CC(=O)NCCN1C(=CC=C2CCC(=CC=C3N(CCNC(=O)C=C)C4CCCCC4C3(C)C)C2=O)C(C)(C)C2CCCCC21. The van der Waals surface area contributed by atoms with Crippen molar-refractivity contribution in [3.8, 4) is 0 Å². The predicted octanol–water partition coefficient (Wildman–Crippen LogP) is 6.38. The van der Waals surface area contributed by atoms with Crippen LogP contribution in [0.3, 0.4) is 0 Å². The van der Waals surface area contributed by atoms with Crippen molar-refractivity contribution in [3.05, 3.63) is 72.2 Å². The van der Waals surface area contributed by atoms with E-state index in [9.17, 15) is 14.4 Å². The molecule has 2 amide bonds. The summed E-state index contributed by atoms with van der Waals surface area (Å²) in [7, 11) is 0. The molecule has 3 aliphatic carbocycles. The molecule has 4 atom stereocenters. The third kappa shape index (κ3) is 6.70. The van der Waals surface area contributed by atoms with Crippen LogP contribution < -0.4 is 10.6 Å². The number of allylic oxidation sites excluding steroid dienone is 8. The van der Waals surface area contributed by atoms with Crippen LogP contribution in [-0.2, 0) is 14.4 Å². The number of fused-ring (bicyclic) bond motifs is 2. The molecule has 5 rings (SSSR count). The van der Waals surface area contributed by atoms with E-state index in [1.807, 2.05) is 0 Å². The van der Waals surface area contributed by atoms with E-state index >= 15 is 0 Å². The average molecular weight is 629 g/mol. The minimum Gasteiger partial charge on any atom is -0.369 e. The third-order valence-corrected chi connectivity index (χ3v) is 11.9. The smallest absolute Gasteiger partial charge is 0.243 e. The maximum Gasteiger partial charge on any atom is 0.243 e. The van der Waals surface area contributed by atoms with Gasteiger partial charge in [0.15, 0.2) is 5.78 Å². The number of hydrogen-bond donors (Lipinski definition) is 2. The van der Waals surface area contributed by atoms with Crippen LogP contribution in [0.5, 0.6) is 0 Å². The average Bonchev–Trinajstić information content (AvgIpc) is 3.58. The second-order valence-corrected chi connectivity index (χ2v) is 15.1. The lowest BCUT2D eigenvalue weighted by molar-refractivity contribution is -0.117. The van der Waals surface area contributed by atoms with Gasteiger partial charge in [-0.25, -0.2) is 0 Å². The van der Waals surface area contributed by atoms with E-state index < -0.39 is 0 Å². The molecule has 0 radical (unpaired) electrons. The number of nitrogens with zero attached hydrogens (tertiary/aromatic N) is 2. The Kier molecular flexibility index (Phi) is 10.5. The van der Waals surface area contributed by atoms with Crippen molar-refractivity contribution in [3.63, 3.8) is 0 Å². The van der Waals surface area contributed by atoms with Crippen LogP contribution in [-0.4, -0.2) is 65.7 Å². The minimum absolute atomic E-state index is 0.00870. The second-order valence-electron chi connectivity index (χ2n) is 15.1. The normalized spacial score (nSPS) is 31.8. The zero-order valence-electron chi connectivity index (χ0n) is 28.7. The Morgan fingerprint density at radius 3 is 1.48 bits per heavy atom. The van der Waals surface area contributed by atoms with Crippen LogP contribution in [0.1, 0.15) is 91.9 Å². The molecular weight excluding hydrogens is 572 g/mol. The van der Waals surface area contributed by atoms with Crippen LogP contribution in [0.25, 0.3) is 0 Å². The van der Waals surface area contributed by atoms with Gasteiger partial charge in [0.1, 0.15) is 0 Å². The molecule has 5 fully saturated rings. The van der Waals surface area contributed by atoms with Gasteiger partial charge in [-0.15, -0.1) is 0 Å². The molecule has 250 valence electrons. The first-order valence-corrected chi connectivity index (χ1v) is 17.7. The number of Topliss-reactive ketones (excluding diaryl/α,β-unsaturated/α-hetero) is 1. The monoisotopic (exact) mass is 628 g/mol. The maximum absolute atomic E-state index is 13.7. The number of ketones is 1. The van der Waals surface area contributed by atoms with E-state index in [-0.39, 0.29) is 28.4 Å². The molecule has 0 bridgehead atoms. The summed E-state index contributed by atoms with van der Waals surface area (Å²) in [5.74, 6) is 1.03. The largest absolute Gasteiger partial charge is 0.369 e. The maximum atomic E-state index is 13.7.